The first-order valence-corrected chi connectivity index (χ1v) is 7.20. The highest BCUT2D eigenvalue weighted by molar-refractivity contribution is 5.69. The number of carbonyl (C=O) groups excluding carboxylic acids is 1. The van der Waals surface area contributed by atoms with E-state index in [4.69, 9.17) is 19.3 Å². The Morgan fingerprint density at radius 2 is 1.75 bits per heavy atom. The van der Waals surface area contributed by atoms with E-state index in [0.29, 0.717) is 26.1 Å². The number of hydrogen-bond donors (Lipinski definition) is 1. The molecule has 0 aromatic rings. The van der Waals surface area contributed by atoms with Crippen LogP contribution < -0.4 is 0 Å². The van der Waals surface area contributed by atoms with Crippen molar-refractivity contribution in [3.8, 4) is 0 Å². The van der Waals surface area contributed by atoms with E-state index < -0.39 is 12.3 Å². The van der Waals surface area contributed by atoms with Gasteiger partial charge in [-0.25, -0.2) is 0 Å². The molecule has 1 unspecified atom stereocenters. The molecule has 1 atom stereocenters. The lowest BCUT2D eigenvalue weighted by Crippen LogP contribution is -2.25. The van der Waals surface area contributed by atoms with Crippen molar-refractivity contribution in [2.75, 3.05) is 19.8 Å². The van der Waals surface area contributed by atoms with Crippen LogP contribution in [-0.4, -0.2) is 43.2 Å². The van der Waals surface area contributed by atoms with Crippen molar-refractivity contribution in [2.45, 2.75) is 58.7 Å². The minimum atomic E-state index is -0.848. The maximum absolute atomic E-state index is 11.4. The van der Waals surface area contributed by atoms with Crippen molar-refractivity contribution in [1.82, 2.24) is 0 Å². The largest absolute Gasteiger partial charge is 0.481 e. The van der Waals surface area contributed by atoms with E-state index in [2.05, 4.69) is 6.92 Å². The quantitative estimate of drug-likeness (QED) is 0.318. The van der Waals surface area contributed by atoms with Gasteiger partial charge >= 0.3 is 11.9 Å². The third-order valence-electron chi connectivity index (χ3n) is 2.56. The van der Waals surface area contributed by atoms with E-state index in [1.165, 1.54) is 0 Å². The van der Waals surface area contributed by atoms with E-state index in [1.54, 1.807) is 0 Å². The topological polar surface area (TPSA) is 82.1 Å². The van der Waals surface area contributed by atoms with Gasteiger partial charge in [0, 0.05) is 26.1 Å². The predicted molar refractivity (Wildman–Crippen MR) is 73.3 cm³/mol. The number of hydrogen-bond acceptors (Lipinski definition) is 5. The third-order valence-corrected chi connectivity index (χ3v) is 2.56. The molecule has 1 N–H and O–H groups in total. The Morgan fingerprint density at radius 1 is 1.05 bits per heavy atom. The summed E-state index contributed by atoms with van der Waals surface area (Å²) < 4.78 is 15.8. The third kappa shape index (κ3) is 11.9. The van der Waals surface area contributed by atoms with Crippen LogP contribution in [0.2, 0.25) is 0 Å². The summed E-state index contributed by atoms with van der Waals surface area (Å²) in [5.41, 5.74) is 0. The SMILES string of the molecule is CCCCOC(COC(=O)CCCCC(=O)O)OCC. The normalized spacial score (nSPS) is 12.1. The Hall–Kier alpha value is -1.14. The number of rotatable bonds is 13. The minimum Gasteiger partial charge on any atom is -0.481 e. The van der Waals surface area contributed by atoms with Crippen LogP contribution in [0, 0.1) is 0 Å². The van der Waals surface area contributed by atoms with Gasteiger partial charge in [-0.1, -0.05) is 13.3 Å². The van der Waals surface area contributed by atoms with Crippen molar-refractivity contribution in [3.63, 3.8) is 0 Å². The first kappa shape index (κ1) is 18.9. The number of esters is 1. The second-order valence-electron chi connectivity index (χ2n) is 4.39. The molecule has 0 aromatic heterocycles. The molecule has 0 aliphatic carbocycles. The number of aliphatic carboxylic acids is 1. The van der Waals surface area contributed by atoms with E-state index in [0.717, 1.165) is 12.8 Å². The van der Waals surface area contributed by atoms with Crippen LogP contribution in [-0.2, 0) is 23.8 Å². The van der Waals surface area contributed by atoms with Gasteiger partial charge in [0.15, 0.2) is 6.29 Å². The molecule has 20 heavy (non-hydrogen) atoms. The smallest absolute Gasteiger partial charge is 0.305 e. The number of unbranched alkanes of at least 4 members (excludes halogenated alkanes) is 2. The summed E-state index contributed by atoms with van der Waals surface area (Å²) >= 11 is 0. The summed E-state index contributed by atoms with van der Waals surface area (Å²) in [6, 6.07) is 0. The second-order valence-corrected chi connectivity index (χ2v) is 4.39. The minimum absolute atomic E-state index is 0.0784. The van der Waals surface area contributed by atoms with Crippen LogP contribution in [0.3, 0.4) is 0 Å². The molecule has 0 aromatic carbocycles. The monoisotopic (exact) mass is 290 g/mol. The molecule has 0 amide bonds. The van der Waals surface area contributed by atoms with Gasteiger partial charge in [0.05, 0.1) is 0 Å². The van der Waals surface area contributed by atoms with Gasteiger partial charge in [-0.3, -0.25) is 9.59 Å². The summed E-state index contributed by atoms with van der Waals surface area (Å²) in [5, 5.41) is 8.47. The first-order valence-electron chi connectivity index (χ1n) is 7.20. The lowest BCUT2D eigenvalue weighted by Gasteiger charge is -2.17. The van der Waals surface area contributed by atoms with Crippen molar-refractivity contribution in [2.24, 2.45) is 0 Å². The molecular weight excluding hydrogens is 264 g/mol. The van der Waals surface area contributed by atoms with Crippen molar-refractivity contribution in [1.29, 1.82) is 0 Å². The van der Waals surface area contributed by atoms with Gasteiger partial charge in [0.1, 0.15) is 6.61 Å². The van der Waals surface area contributed by atoms with Gasteiger partial charge in [0.25, 0.3) is 0 Å². The van der Waals surface area contributed by atoms with Crippen LogP contribution in [0.5, 0.6) is 0 Å². The maximum Gasteiger partial charge on any atom is 0.305 e. The molecule has 0 aliphatic heterocycles. The number of ether oxygens (including phenoxy) is 3. The Kier molecular flexibility index (Phi) is 12.1. The lowest BCUT2D eigenvalue weighted by atomic mass is 10.2. The molecule has 6 heteroatoms. The van der Waals surface area contributed by atoms with Gasteiger partial charge in [-0.05, 0) is 26.2 Å². The van der Waals surface area contributed by atoms with Crippen LogP contribution in [0.1, 0.15) is 52.4 Å². The summed E-state index contributed by atoms with van der Waals surface area (Å²) in [6.07, 6.45) is 2.74. The fourth-order valence-electron chi connectivity index (χ4n) is 1.47. The van der Waals surface area contributed by atoms with Crippen LogP contribution in [0.25, 0.3) is 0 Å². The summed E-state index contributed by atoms with van der Waals surface area (Å²) in [5.74, 6) is -1.20. The lowest BCUT2D eigenvalue weighted by molar-refractivity contribution is -0.181. The highest BCUT2D eigenvalue weighted by Gasteiger charge is 2.12. The Morgan fingerprint density at radius 3 is 2.35 bits per heavy atom. The average Bonchev–Trinajstić information content (AvgIpc) is 2.41. The Balaban J connectivity index is 3.72. The molecule has 6 nitrogen and oxygen atoms in total. The van der Waals surface area contributed by atoms with Crippen molar-refractivity contribution >= 4 is 11.9 Å². The molecule has 0 aliphatic rings. The molecule has 0 radical (unpaired) electrons. The average molecular weight is 290 g/mol. The summed E-state index contributed by atoms with van der Waals surface area (Å²) in [4.78, 5) is 21.8. The standard InChI is InChI=1S/C14H26O6/c1-3-5-10-19-14(18-4-2)11-20-13(17)9-7-6-8-12(15)16/h14H,3-11H2,1-2H3,(H,15,16). The Labute approximate surface area is 120 Å². The van der Waals surface area contributed by atoms with E-state index in [1.807, 2.05) is 6.92 Å². The molecular formula is C14H26O6. The van der Waals surface area contributed by atoms with Gasteiger partial charge in [-0.2, -0.15) is 0 Å². The zero-order chi connectivity index (χ0) is 15.2. The highest BCUT2D eigenvalue weighted by atomic mass is 16.7. The predicted octanol–water partition coefficient (Wildman–Crippen LogP) is 2.35. The zero-order valence-electron chi connectivity index (χ0n) is 12.4. The fourth-order valence-corrected chi connectivity index (χ4v) is 1.47. The van der Waals surface area contributed by atoms with E-state index >= 15 is 0 Å². The number of carboxylic acids is 1. The summed E-state index contributed by atoms with van der Waals surface area (Å²) in [6.45, 7) is 5.07. The van der Waals surface area contributed by atoms with Gasteiger partial charge < -0.3 is 19.3 Å². The van der Waals surface area contributed by atoms with E-state index in [9.17, 15) is 9.59 Å². The first-order chi connectivity index (χ1) is 9.60. The van der Waals surface area contributed by atoms with Gasteiger partial charge in [-0.15, -0.1) is 0 Å². The van der Waals surface area contributed by atoms with Crippen LogP contribution >= 0.6 is 0 Å². The fraction of sp³-hybridized carbons (Fsp3) is 0.857. The Bertz CT molecular complexity index is 266. The zero-order valence-corrected chi connectivity index (χ0v) is 12.4. The molecule has 0 saturated carbocycles. The molecule has 0 fully saturated rings. The molecule has 118 valence electrons. The second kappa shape index (κ2) is 12.9. The number of carbonyl (C=O) groups is 2. The van der Waals surface area contributed by atoms with Crippen molar-refractivity contribution < 1.29 is 28.9 Å². The molecule has 0 rings (SSSR count). The highest BCUT2D eigenvalue weighted by Crippen LogP contribution is 2.04. The van der Waals surface area contributed by atoms with Crippen molar-refractivity contribution in [3.05, 3.63) is 0 Å². The molecule has 0 heterocycles. The summed E-state index contributed by atoms with van der Waals surface area (Å²) in [7, 11) is 0. The molecule has 0 bridgehead atoms. The van der Waals surface area contributed by atoms with Gasteiger partial charge in [0.2, 0.25) is 0 Å². The van der Waals surface area contributed by atoms with E-state index in [-0.39, 0.29) is 25.4 Å². The van der Waals surface area contributed by atoms with Crippen LogP contribution in [0.15, 0.2) is 0 Å². The molecule has 0 spiro atoms. The maximum atomic E-state index is 11.4. The number of carboxylic acid groups (broad SMARTS) is 1. The van der Waals surface area contributed by atoms with Crippen LogP contribution in [0.4, 0.5) is 0 Å². The molecule has 0 saturated heterocycles.